The molecule has 1 aliphatic rings. The lowest BCUT2D eigenvalue weighted by Gasteiger charge is -2.42. The maximum atomic E-state index is 13.6. The van der Waals surface area contributed by atoms with E-state index in [0.717, 1.165) is 6.42 Å². The van der Waals surface area contributed by atoms with E-state index < -0.39 is 0 Å². The summed E-state index contributed by atoms with van der Waals surface area (Å²) in [6.45, 7) is 2.75. The van der Waals surface area contributed by atoms with Gasteiger partial charge in [-0.05, 0) is 31.7 Å². The minimum absolute atomic E-state index is 0.207. The van der Waals surface area contributed by atoms with E-state index in [-0.39, 0.29) is 16.4 Å². The van der Waals surface area contributed by atoms with Crippen LogP contribution in [0.4, 0.5) is 4.39 Å². The van der Waals surface area contributed by atoms with Crippen LogP contribution in [-0.4, -0.2) is 5.54 Å². The molecule has 1 aliphatic carbocycles. The summed E-state index contributed by atoms with van der Waals surface area (Å²) >= 11 is 5.74. The van der Waals surface area contributed by atoms with Crippen LogP contribution in [0, 0.1) is 5.82 Å². The van der Waals surface area contributed by atoms with Gasteiger partial charge in [-0.1, -0.05) is 30.7 Å². The molecule has 0 radical (unpaired) electrons. The quantitative estimate of drug-likeness (QED) is 0.843. The molecule has 0 heterocycles. The Hall–Kier alpha value is -0.600. The van der Waals surface area contributed by atoms with Crippen LogP contribution in [0.25, 0.3) is 0 Å². The van der Waals surface area contributed by atoms with Crippen molar-refractivity contribution in [2.45, 2.75) is 44.7 Å². The molecule has 16 heavy (non-hydrogen) atoms. The molecule has 1 fully saturated rings. The van der Waals surface area contributed by atoms with E-state index in [4.69, 9.17) is 11.6 Å². The number of halogens is 2. The van der Waals surface area contributed by atoms with Gasteiger partial charge < -0.3 is 5.32 Å². The lowest BCUT2D eigenvalue weighted by molar-refractivity contribution is 0.175. The summed E-state index contributed by atoms with van der Waals surface area (Å²) in [4.78, 5) is 0. The van der Waals surface area contributed by atoms with Crippen LogP contribution < -0.4 is 5.32 Å². The summed E-state index contributed by atoms with van der Waals surface area (Å²) in [5, 5.41) is 3.67. The van der Waals surface area contributed by atoms with Gasteiger partial charge in [-0.15, -0.1) is 0 Å². The second-order valence-electron chi connectivity index (χ2n) is 4.55. The molecule has 0 aromatic heterocycles. The molecule has 0 aliphatic heterocycles. The smallest absolute Gasteiger partial charge is 0.146 e. The van der Waals surface area contributed by atoms with E-state index in [1.165, 1.54) is 19.3 Å². The highest BCUT2D eigenvalue weighted by atomic mass is 35.5. The Bertz CT molecular complexity index is 369. The van der Waals surface area contributed by atoms with Gasteiger partial charge in [0, 0.05) is 17.6 Å². The van der Waals surface area contributed by atoms with Crippen LogP contribution in [0.3, 0.4) is 0 Å². The molecular weight excluding hydrogens is 225 g/mol. The van der Waals surface area contributed by atoms with E-state index >= 15 is 0 Å². The van der Waals surface area contributed by atoms with Gasteiger partial charge in [-0.2, -0.15) is 0 Å². The van der Waals surface area contributed by atoms with Crippen molar-refractivity contribution in [2.75, 3.05) is 0 Å². The number of hydrogen-bond donors (Lipinski definition) is 1. The van der Waals surface area contributed by atoms with E-state index in [0.29, 0.717) is 12.1 Å². The topological polar surface area (TPSA) is 12.0 Å². The summed E-state index contributed by atoms with van der Waals surface area (Å²) in [5.74, 6) is -0.290. The van der Waals surface area contributed by atoms with Gasteiger partial charge >= 0.3 is 0 Å². The van der Waals surface area contributed by atoms with Crippen molar-refractivity contribution in [3.8, 4) is 0 Å². The van der Waals surface area contributed by atoms with Crippen molar-refractivity contribution in [1.82, 2.24) is 5.32 Å². The molecule has 88 valence electrons. The van der Waals surface area contributed by atoms with Crippen LogP contribution in [0.5, 0.6) is 0 Å². The summed E-state index contributed by atoms with van der Waals surface area (Å²) in [5.41, 5.74) is 0.904. The van der Waals surface area contributed by atoms with Crippen LogP contribution >= 0.6 is 11.6 Å². The predicted octanol–water partition coefficient (Wildman–Crippen LogP) is 3.90. The minimum Gasteiger partial charge on any atom is -0.307 e. The number of hydrogen-bond acceptors (Lipinski definition) is 1. The Labute approximate surface area is 101 Å². The molecule has 1 N–H and O–H groups in total. The minimum atomic E-state index is -0.290. The fourth-order valence-corrected chi connectivity index (χ4v) is 2.42. The highest BCUT2D eigenvalue weighted by Crippen LogP contribution is 2.35. The summed E-state index contributed by atoms with van der Waals surface area (Å²) < 4.78 is 13.6. The molecule has 0 amide bonds. The van der Waals surface area contributed by atoms with Gasteiger partial charge in [-0.25, -0.2) is 4.39 Å². The van der Waals surface area contributed by atoms with Crippen LogP contribution in [0.1, 0.15) is 38.2 Å². The van der Waals surface area contributed by atoms with Crippen molar-refractivity contribution >= 4 is 11.6 Å². The molecule has 0 atom stereocenters. The Balaban J connectivity index is 2.02. The van der Waals surface area contributed by atoms with Crippen molar-refractivity contribution < 1.29 is 4.39 Å². The third-order valence-electron chi connectivity index (χ3n) is 3.67. The van der Waals surface area contributed by atoms with Crippen LogP contribution in [-0.2, 0) is 6.54 Å². The summed E-state index contributed by atoms with van der Waals surface area (Å²) in [6, 6.07) is 5.16. The van der Waals surface area contributed by atoms with Gasteiger partial charge in [0.25, 0.3) is 0 Å². The monoisotopic (exact) mass is 241 g/mol. The maximum absolute atomic E-state index is 13.6. The number of rotatable bonds is 4. The molecular formula is C13H17ClFN. The maximum Gasteiger partial charge on any atom is 0.146 e. The first kappa shape index (κ1) is 11.9. The van der Waals surface area contributed by atoms with Crippen LogP contribution in [0.2, 0.25) is 5.02 Å². The average Bonchev–Trinajstić information content (AvgIpc) is 2.23. The van der Waals surface area contributed by atoms with E-state index in [9.17, 15) is 4.39 Å². The molecule has 0 spiro atoms. The lowest BCUT2D eigenvalue weighted by Crippen LogP contribution is -2.49. The molecule has 2 rings (SSSR count). The van der Waals surface area contributed by atoms with Gasteiger partial charge in [0.2, 0.25) is 0 Å². The average molecular weight is 242 g/mol. The molecule has 1 nitrogen and oxygen atoms in total. The third kappa shape index (κ3) is 2.23. The first-order chi connectivity index (χ1) is 7.67. The van der Waals surface area contributed by atoms with E-state index in [1.54, 1.807) is 18.2 Å². The van der Waals surface area contributed by atoms with Gasteiger partial charge in [0.15, 0.2) is 0 Å². The number of benzene rings is 1. The molecule has 0 saturated heterocycles. The second-order valence-corrected chi connectivity index (χ2v) is 4.96. The van der Waals surface area contributed by atoms with Gasteiger partial charge in [-0.3, -0.25) is 0 Å². The predicted molar refractivity (Wildman–Crippen MR) is 65.1 cm³/mol. The van der Waals surface area contributed by atoms with Gasteiger partial charge in [0.05, 0.1) is 5.02 Å². The zero-order valence-corrected chi connectivity index (χ0v) is 10.3. The highest BCUT2D eigenvalue weighted by molar-refractivity contribution is 6.30. The van der Waals surface area contributed by atoms with Crippen molar-refractivity contribution in [2.24, 2.45) is 0 Å². The summed E-state index contributed by atoms with van der Waals surface area (Å²) in [6.07, 6.45) is 4.78. The Morgan fingerprint density at radius 2 is 2.19 bits per heavy atom. The first-order valence-electron chi connectivity index (χ1n) is 5.85. The molecule has 1 aromatic carbocycles. The molecule has 3 heteroatoms. The van der Waals surface area contributed by atoms with Crippen LogP contribution in [0.15, 0.2) is 18.2 Å². The molecule has 1 aromatic rings. The second kappa shape index (κ2) is 4.72. The van der Waals surface area contributed by atoms with E-state index in [1.807, 2.05) is 0 Å². The fraction of sp³-hybridized carbons (Fsp3) is 0.538. The zero-order valence-electron chi connectivity index (χ0n) is 9.52. The number of nitrogens with one attached hydrogen (secondary N) is 1. The Kier molecular flexibility index (Phi) is 3.50. The van der Waals surface area contributed by atoms with Crippen molar-refractivity contribution in [3.05, 3.63) is 34.6 Å². The normalized spacial score (nSPS) is 18.2. The Morgan fingerprint density at radius 3 is 2.75 bits per heavy atom. The van der Waals surface area contributed by atoms with E-state index in [2.05, 4.69) is 12.2 Å². The zero-order chi connectivity index (χ0) is 11.6. The first-order valence-corrected chi connectivity index (χ1v) is 6.22. The molecule has 0 unspecified atom stereocenters. The SMILES string of the molecule is CCC1(NCc2cccc(Cl)c2F)CCC1. The highest BCUT2D eigenvalue weighted by Gasteiger charge is 2.34. The Morgan fingerprint density at radius 1 is 1.44 bits per heavy atom. The van der Waals surface area contributed by atoms with Crippen molar-refractivity contribution in [1.29, 1.82) is 0 Å². The molecule has 1 saturated carbocycles. The van der Waals surface area contributed by atoms with Crippen molar-refractivity contribution in [3.63, 3.8) is 0 Å². The summed E-state index contributed by atoms with van der Waals surface area (Å²) in [7, 11) is 0. The third-order valence-corrected chi connectivity index (χ3v) is 3.96. The largest absolute Gasteiger partial charge is 0.307 e. The molecule has 0 bridgehead atoms. The lowest BCUT2D eigenvalue weighted by atomic mass is 9.75. The van der Waals surface area contributed by atoms with Gasteiger partial charge in [0.1, 0.15) is 5.82 Å². The standard InChI is InChI=1S/C13H17ClFN/c1-2-13(7-4-8-13)16-9-10-5-3-6-11(14)12(10)15/h3,5-6,16H,2,4,7-9H2,1H3. The fourth-order valence-electron chi connectivity index (χ4n) is 2.23.